The van der Waals surface area contributed by atoms with Gasteiger partial charge in [-0.15, -0.1) is 0 Å². The Labute approximate surface area is 144 Å². The van der Waals surface area contributed by atoms with Gasteiger partial charge in [-0.3, -0.25) is 4.90 Å². The normalized spacial score (nSPS) is 19.6. The quantitative estimate of drug-likeness (QED) is 0.616. The Morgan fingerprint density at radius 3 is 3.17 bits per heavy atom. The molecule has 2 aromatic heterocycles. The highest BCUT2D eigenvalue weighted by Gasteiger charge is 2.22. The lowest BCUT2D eigenvalue weighted by molar-refractivity contribution is 0.267. The van der Waals surface area contributed by atoms with Gasteiger partial charge in [-0.2, -0.15) is 0 Å². The van der Waals surface area contributed by atoms with Gasteiger partial charge in [-0.1, -0.05) is 6.92 Å². The van der Waals surface area contributed by atoms with Crippen molar-refractivity contribution in [3.8, 4) is 0 Å². The summed E-state index contributed by atoms with van der Waals surface area (Å²) in [5.41, 5.74) is 7.80. The van der Waals surface area contributed by atoms with Gasteiger partial charge in [0.2, 0.25) is 0 Å². The molecule has 2 aromatic rings. The van der Waals surface area contributed by atoms with Crippen molar-refractivity contribution in [2.45, 2.75) is 32.4 Å². The minimum Gasteiger partial charge on any atom is -0.370 e. The molecule has 3 heterocycles. The van der Waals surface area contributed by atoms with Gasteiger partial charge in [-0.05, 0) is 54.0 Å². The molecule has 0 saturated carbocycles. The molecule has 1 aliphatic rings. The Bertz CT molecular complexity index is 695. The number of guanidine groups is 1. The van der Waals surface area contributed by atoms with E-state index in [1.807, 2.05) is 28.9 Å². The largest absolute Gasteiger partial charge is 0.370 e. The number of aliphatic imine (C=N–C) groups is 1. The first-order valence-corrected chi connectivity index (χ1v) is 8.86. The average molecular weight is 379 g/mol. The van der Waals surface area contributed by atoms with Crippen LogP contribution >= 0.6 is 15.9 Å². The second-order valence-electron chi connectivity index (χ2n) is 5.85. The molecule has 23 heavy (non-hydrogen) atoms. The standard InChI is InChI=1S/C16H23BrN6/c1-2-22-7-3-4-14(22)9-20-16(18)19-8-13-11-23-10-12(17)5-6-15(23)21-13/h5-6,10-11,14H,2-4,7-9H2,1H3,(H3,18,19,20). The van der Waals surface area contributed by atoms with Gasteiger partial charge >= 0.3 is 0 Å². The minimum absolute atomic E-state index is 0.486. The maximum Gasteiger partial charge on any atom is 0.189 e. The molecule has 124 valence electrons. The molecule has 7 heteroatoms. The number of rotatable bonds is 5. The van der Waals surface area contributed by atoms with Crippen molar-refractivity contribution in [3.63, 3.8) is 0 Å². The zero-order chi connectivity index (χ0) is 16.2. The van der Waals surface area contributed by atoms with Gasteiger partial charge < -0.3 is 15.5 Å². The van der Waals surface area contributed by atoms with Crippen LogP contribution in [0.1, 0.15) is 25.5 Å². The zero-order valence-electron chi connectivity index (χ0n) is 13.4. The summed E-state index contributed by atoms with van der Waals surface area (Å²) in [4.78, 5) is 11.4. The molecular weight excluding hydrogens is 356 g/mol. The number of fused-ring (bicyclic) bond motifs is 1. The fourth-order valence-electron chi connectivity index (χ4n) is 3.08. The number of pyridine rings is 1. The highest BCUT2D eigenvalue weighted by Crippen LogP contribution is 2.15. The molecule has 3 N–H and O–H groups in total. The van der Waals surface area contributed by atoms with Crippen molar-refractivity contribution in [2.75, 3.05) is 19.6 Å². The fourth-order valence-corrected chi connectivity index (χ4v) is 3.43. The topological polar surface area (TPSA) is 71.0 Å². The third kappa shape index (κ3) is 4.03. The van der Waals surface area contributed by atoms with Crippen molar-refractivity contribution >= 4 is 27.5 Å². The Balaban J connectivity index is 1.55. The number of hydrogen-bond acceptors (Lipinski definition) is 3. The van der Waals surface area contributed by atoms with Crippen LogP contribution in [0.15, 0.2) is 34.0 Å². The lowest BCUT2D eigenvalue weighted by Gasteiger charge is -2.23. The van der Waals surface area contributed by atoms with Gasteiger partial charge in [0.1, 0.15) is 5.65 Å². The van der Waals surface area contributed by atoms with Crippen LogP contribution < -0.4 is 11.1 Å². The van der Waals surface area contributed by atoms with Crippen LogP contribution in [0.5, 0.6) is 0 Å². The van der Waals surface area contributed by atoms with Crippen molar-refractivity contribution in [1.29, 1.82) is 0 Å². The average Bonchev–Trinajstić information content (AvgIpc) is 3.16. The van der Waals surface area contributed by atoms with E-state index in [0.717, 1.165) is 28.9 Å². The number of hydrogen-bond donors (Lipinski definition) is 2. The number of nitrogens with zero attached hydrogens (tertiary/aromatic N) is 4. The SMILES string of the molecule is CCN1CCCC1CNC(N)=NCc1cn2cc(Br)ccc2n1. The zero-order valence-corrected chi connectivity index (χ0v) is 15.0. The smallest absolute Gasteiger partial charge is 0.189 e. The Morgan fingerprint density at radius 1 is 1.48 bits per heavy atom. The van der Waals surface area contributed by atoms with Crippen LogP contribution in [-0.4, -0.2) is 45.9 Å². The van der Waals surface area contributed by atoms with Gasteiger partial charge in [-0.25, -0.2) is 9.98 Å². The van der Waals surface area contributed by atoms with E-state index >= 15 is 0 Å². The van der Waals surface area contributed by atoms with Gasteiger partial charge in [0.25, 0.3) is 0 Å². The molecule has 1 aliphatic heterocycles. The van der Waals surface area contributed by atoms with Gasteiger partial charge in [0.15, 0.2) is 5.96 Å². The van der Waals surface area contributed by atoms with Gasteiger partial charge in [0.05, 0.1) is 12.2 Å². The number of nitrogens with two attached hydrogens (primary N) is 1. The van der Waals surface area contributed by atoms with Crippen LogP contribution in [0, 0.1) is 0 Å². The van der Waals surface area contributed by atoms with E-state index in [2.05, 4.69) is 43.0 Å². The highest BCUT2D eigenvalue weighted by molar-refractivity contribution is 9.10. The van der Waals surface area contributed by atoms with Crippen LogP contribution in [0.25, 0.3) is 5.65 Å². The summed E-state index contributed by atoms with van der Waals surface area (Å²) < 4.78 is 3.01. The van der Waals surface area contributed by atoms with Crippen LogP contribution in [0.3, 0.4) is 0 Å². The summed E-state index contributed by atoms with van der Waals surface area (Å²) in [7, 11) is 0. The van der Waals surface area contributed by atoms with E-state index in [1.54, 1.807) is 0 Å². The van der Waals surface area contributed by atoms with Crippen LogP contribution in [0.2, 0.25) is 0 Å². The first-order chi connectivity index (χ1) is 11.2. The number of halogens is 1. The van der Waals surface area contributed by atoms with Crippen LogP contribution in [-0.2, 0) is 6.54 Å². The first kappa shape index (κ1) is 16.3. The Morgan fingerprint density at radius 2 is 2.35 bits per heavy atom. The maximum atomic E-state index is 5.98. The van der Waals surface area contributed by atoms with Crippen LogP contribution in [0.4, 0.5) is 0 Å². The number of imidazole rings is 1. The molecule has 0 radical (unpaired) electrons. The van der Waals surface area contributed by atoms with Crippen molar-refractivity contribution in [2.24, 2.45) is 10.7 Å². The lowest BCUT2D eigenvalue weighted by Crippen LogP contribution is -2.42. The van der Waals surface area contributed by atoms with Crippen molar-refractivity contribution in [1.82, 2.24) is 19.6 Å². The molecule has 1 saturated heterocycles. The number of likely N-dealkylation sites (N-methyl/N-ethyl adjacent to an activating group) is 1. The lowest BCUT2D eigenvalue weighted by atomic mass is 10.2. The number of likely N-dealkylation sites (tertiary alicyclic amines) is 1. The number of aromatic nitrogens is 2. The second-order valence-corrected chi connectivity index (χ2v) is 6.77. The second kappa shape index (κ2) is 7.31. The van der Waals surface area contributed by atoms with Gasteiger partial charge in [0, 0.05) is 29.5 Å². The van der Waals surface area contributed by atoms with E-state index in [0.29, 0.717) is 18.5 Å². The first-order valence-electron chi connectivity index (χ1n) is 8.06. The van der Waals surface area contributed by atoms with E-state index in [-0.39, 0.29) is 0 Å². The maximum absolute atomic E-state index is 5.98. The molecule has 3 rings (SSSR count). The van der Waals surface area contributed by atoms with E-state index < -0.39 is 0 Å². The molecule has 0 amide bonds. The monoisotopic (exact) mass is 378 g/mol. The molecular formula is C16H23BrN6. The number of nitrogens with one attached hydrogen (secondary N) is 1. The molecule has 0 aliphatic carbocycles. The molecule has 0 spiro atoms. The summed E-state index contributed by atoms with van der Waals surface area (Å²) in [6.07, 6.45) is 6.46. The third-order valence-corrected chi connectivity index (χ3v) is 4.77. The predicted molar refractivity (Wildman–Crippen MR) is 96.5 cm³/mol. The van der Waals surface area contributed by atoms with E-state index in [4.69, 9.17) is 5.73 Å². The fraction of sp³-hybridized carbons (Fsp3) is 0.500. The summed E-state index contributed by atoms with van der Waals surface area (Å²) in [5, 5.41) is 3.25. The van der Waals surface area contributed by atoms with E-state index in [1.165, 1.54) is 19.4 Å². The summed E-state index contributed by atoms with van der Waals surface area (Å²) in [6.45, 7) is 5.84. The van der Waals surface area contributed by atoms with Crippen molar-refractivity contribution in [3.05, 3.63) is 34.7 Å². The summed E-state index contributed by atoms with van der Waals surface area (Å²) in [5.74, 6) is 0.492. The highest BCUT2D eigenvalue weighted by atomic mass is 79.9. The minimum atomic E-state index is 0.486. The summed E-state index contributed by atoms with van der Waals surface area (Å²) in [6, 6.07) is 4.52. The molecule has 1 fully saturated rings. The molecule has 1 unspecified atom stereocenters. The Hall–Kier alpha value is -1.60. The molecule has 0 aromatic carbocycles. The third-order valence-electron chi connectivity index (χ3n) is 4.30. The van der Waals surface area contributed by atoms with Crippen molar-refractivity contribution < 1.29 is 0 Å². The van der Waals surface area contributed by atoms with E-state index in [9.17, 15) is 0 Å². The molecule has 0 bridgehead atoms. The summed E-state index contributed by atoms with van der Waals surface area (Å²) >= 11 is 3.46. The molecule has 6 nitrogen and oxygen atoms in total. The molecule has 1 atom stereocenters. The Kier molecular flexibility index (Phi) is 5.17. The predicted octanol–water partition coefficient (Wildman–Crippen LogP) is 1.99.